The Hall–Kier alpha value is -4.06. The van der Waals surface area contributed by atoms with Gasteiger partial charge in [0.1, 0.15) is 17.0 Å². The number of hydrogen-bond acceptors (Lipinski definition) is 7. The van der Waals surface area contributed by atoms with Crippen LogP contribution in [0.4, 0.5) is 9.59 Å². The highest BCUT2D eigenvalue weighted by Gasteiger charge is 2.32. The zero-order valence-corrected chi connectivity index (χ0v) is 27.2. The first-order chi connectivity index (χ1) is 20.5. The maximum Gasteiger partial charge on any atom is 0.419 e. The quantitative estimate of drug-likeness (QED) is 0.314. The summed E-state index contributed by atoms with van der Waals surface area (Å²) in [6.45, 7) is 11.5. The maximum absolute atomic E-state index is 14.0. The molecule has 4 heterocycles. The average Bonchev–Trinajstić information content (AvgIpc) is 3.47. The van der Waals surface area contributed by atoms with Crippen LogP contribution in [0, 0.1) is 0 Å². The molecule has 0 radical (unpaired) electrons. The number of halogens is 1. The van der Waals surface area contributed by atoms with Crippen LogP contribution in [0.1, 0.15) is 71.8 Å². The zero-order valence-electron chi connectivity index (χ0n) is 26.4. The molecule has 0 spiro atoms. The van der Waals surface area contributed by atoms with E-state index in [1.165, 1.54) is 9.13 Å². The van der Waals surface area contributed by atoms with Crippen molar-refractivity contribution in [1.29, 1.82) is 0 Å². The number of amides is 1. The molecule has 0 saturated carbocycles. The van der Waals surface area contributed by atoms with Gasteiger partial charge in [0.05, 0.1) is 17.8 Å². The molecule has 0 N–H and O–H groups in total. The lowest BCUT2D eigenvalue weighted by Crippen LogP contribution is -2.42. The molecule has 1 atom stereocenters. The van der Waals surface area contributed by atoms with Gasteiger partial charge < -0.3 is 18.9 Å². The van der Waals surface area contributed by atoms with E-state index in [0.29, 0.717) is 40.5 Å². The molecule has 12 nitrogen and oxygen atoms in total. The van der Waals surface area contributed by atoms with E-state index in [-0.39, 0.29) is 23.6 Å². The Bertz CT molecular complexity index is 1900. The molecule has 0 aliphatic carbocycles. The second-order valence-corrected chi connectivity index (χ2v) is 13.7. The van der Waals surface area contributed by atoms with Crippen molar-refractivity contribution in [3.8, 4) is 0 Å². The summed E-state index contributed by atoms with van der Waals surface area (Å²) in [5.74, 6) is 0.446. The van der Waals surface area contributed by atoms with Gasteiger partial charge in [0.15, 0.2) is 11.2 Å². The lowest BCUT2D eigenvalue weighted by atomic mass is 9.97. The summed E-state index contributed by atoms with van der Waals surface area (Å²) < 4.78 is 16.7. The molecule has 1 aliphatic heterocycles. The second-order valence-electron chi connectivity index (χ2n) is 13.3. The molecule has 5 rings (SSSR count). The Labute approximate surface area is 259 Å². The third-order valence-corrected chi connectivity index (χ3v) is 7.93. The number of ether oxygens (including phenoxy) is 2. The van der Waals surface area contributed by atoms with E-state index in [9.17, 15) is 19.2 Å². The Balaban J connectivity index is 1.58. The number of benzene rings is 1. The molecule has 236 valence electrons. The number of carbonyl (C=O) groups is 2. The van der Waals surface area contributed by atoms with Gasteiger partial charge in [-0.1, -0.05) is 17.7 Å². The number of fused-ring (bicyclic) bond motifs is 2. The van der Waals surface area contributed by atoms with Crippen molar-refractivity contribution in [2.24, 2.45) is 14.1 Å². The fourth-order valence-corrected chi connectivity index (χ4v) is 5.92. The highest BCUT2D eigenvalue weighted by Crippen LogP contribution is 2.30. The van der Waals surface area contributed by atoms with Gasteiger partial charge in [-0.3, -0.25) is 13.9 Å². The third kappa shape index (κ3) is 5.87. The summed E-state index contributed by atoms with van der Waals surface area (Å²) in [4.78, 5) is 60.2. The SMILES string of the molecule is Cn1c(C2CCCN(C(=O)OC(C)(C)C)C2)nc2c1c(=O)n(Cc1cc3c(Cl)cccc3n1C(=O)OC(C)(C)C)c(=O)n2C. The van der Waals surface area contributed by atoms with E-state index in [1.54, 1.807) is 68.6 Å². The van der Waals surface area contributed by atoms with Gasteiger partial charge in [-0.15, -0.1) is 0 Å². The van der Waals surface area contributed by atoms with Crippen LogP contribution in [0.3, 0.4) is 0 Å². The van der Waals surface area contributed by atoms with E-state index in [1.807, 2.05) is 20.8 Å². The number of aromatic nitrogens is 5. The van der Waals surface area contributed by atoms with E-state index >= 15 is 0 Å². The number of hydrogen-bond donors (Lipinski definition) is 0. The van der Waals surface area contributed by atoms with Crippen molar-refractivity contribution >= 4 is 45.9 Å². The minimum absolute atomic E-state index is 0.159. The van der Waals surface area contributed by atoms with E-state index in [2.05, 4.69) is 0 Å². The number of nitrogens with zero attached hydrogens (tertiary/aromatic N) is 6. The van der Waals surface area contributed by atoms with Crippen LogP contribution in [0.5, 0.6) is 0 Å². The van der Waals surface area contributed by atoms with Gasteiger partial charge >= 0.3 is 17.9 Å². The van der Waals surface area contributed by atoms with E-state index in [4.69, 9.17) is 26.1 Å². The first kappa shape index (κ1) is 31.4. The van der Waals surface area contributed by atoms with Crippen molar-refractivity contribution in [3.63, 3.8) is 0 Å². The van der Waals surface area contributed by atoms with Gasteiger partial charge in [-0.05, 0) is 72.6 Å². The third-order valence-electron chi connectivity index (χ3n) is 7.60. The van der Waals surface area contributed by atoms with Crippen molar-refractivity contribution in [2.75, 3.05) is 13.1 Å². The number of rotatable bonds is 3. The largest absolute Gasteiger partial charge is 0.444 e. The topological polar surface area (TPSA) is 123 Å². The standard InChI is InChI=1S/C31H39ClN6O6/c1-30(2,3)43-28(41)36-14-10-11-18(16-36)24-33-25-23(34(24)7)26(39)37(27(40)35(25)8)17-19-15-20-21(32)12-9-13-22(20)38(19)29(42)44-31(4,5)6/h9,12-13,15,18H,10-11,14,16-17H2,1-8H3. The van der Waals surface area contributed by atoms with Crippen molar-refractivity contribution in [3.05, 3.63) is 61.6 Å². The Morgan fingerprint density at radius 1 is 1.00 bits per heavy atom. The minimum Gasteiger partial charge on any atom is -0.444 e. The van der Waals surface area contributed by atoms with Crippen LogP contribution < -0.4 is 11.2 Å². The number of piperidine rings is 1. The number of carbonyl (C=O) groups excluding carboxylic acids is 2. The van der Waals surface area contributed by atoms with Crippen LogP contribution in [-0.4, -0.2) is 64.6 Å². The predicted octanol–water partition coefficient (Wildman–Crippen LogP) is 4.99. The van der Waals surface area contributed by atoms with E-state index in [0.717, 1.165) is 17.4 Å². The van der Waals surface area contributed by atoms with Crippen molar-refractivity contribution in [2.45, 2.75) is 78.0 Å². The van der Waals surface area contributed by atoms with Crippen LogP contribution in [0.25, 0.3) is 22.1 Å². The van der Waals surface area contributed by atoms with Gasteiger partial charge in [-0.2, -0.15) is 0 Å². The average molecular weight is 627 g/mol. The minimum atomic E-state index is -0.779. The van der Waals surface area contributed by atoms with Gasteiger partial charge in [0.25, 0.3) is 5.56 Å². The molecule has 4 aromatic rings. The molecule has 1 aromatic carbocycles. The number of imidazole rings is 1. The first-order valence-corrected chi connectivity index (χ1v) is 15.0. The fraction of sp³-hybridized carbons (Fsp3) is 0.516. The molecular weight excluding hydrogens is 588 g/mol. The normalized spacial score (nSPS) is 16.1. The molecule has 13 heteroatoms. The second kappa shape index (κ2) is 11.1. The zero-order chi connectivity index (χ0) is 32.3. The number of aryl methyl sites for hydroxylation is 2. The molecule has 1 amide bonds. The predicted molar refractivity (Wildman–Crippen MR) is 168 cm³/mol. The smallest absolute Gasteiger partial charge is 0.419 e. The summed E-state index contributed by atoms with van der Waals surface area (Å²) >= 11 is 6.46. The molecule has 44 heavy (non-hydrogen) atoms. The molecule has 0 bridgehead atoms. The Morgan fingerprint density at radius 2 is 1.66 bits per heavy atom. The highest BCUT2D eigenvalue weighted by atomic mass is 35.5. The summed E-state index contributed by atoms with van der Waals surface area (Å²) in [6, 6.07) is 6.85. The Kier molecular flexibility index (Phi) is 7.94. The summed E-state index contributed by atoms with van der Waals surface area (Å²) in [5.41, 5.74) is -1.17. The summed E-state index contributed by atoms with van der Waals surface area (Å²) in [6.07, 6.45) is 0.463. The summed E-state index contributed by atoms with van der Waals surface area (Å²) in [5, 5.41) is 1.02. The highest BCUT2D eigenvalue weighted by molar-refractivity contribution is 6.35. The molecule has 1 saturated heterocycles. The molecular formula is C31H39ClN6O6. The molecule has 1 fully saturated rings. The van der Waals surface area contributed by atoms with Gasteiger partial charge in [0, 0.05) is 43.5 Å². The van der Waals surface area contributed by atoms with Crippen LogP contribution in [0.2, 0.25) is 5.02 Å². The van der Waals surface area contributed by atoms with Crippen molar-refractivity contribution < 1.29 is 19.1 Å². The number of likely N-dealkylation sites (tertiary alicyclic amines) is 1. The van der Waals surface area contributed by atoms with Crippen LogP contribution in [0.15, 0.2) is 33.9 Å². The van der Waals surface area contributed by atoms with E-state index < -0.39 is 34.6 Å². The summed E-state index contributed by atoms with van der Waals surface area (Å²) in [7, 11) is 3.30. The molecule has 1 aliphatic rings. The molecule has 3 aromatic heterocycles. The lowest BCUT2D eigenvalue weighted by molar-refractivity contribution is 0.0195. The lowest BCUT2D eigenvalue weighted by Gasteiger charge is -2.33. The maximum atomic E-state index is 14.0. The molecule has 1 unspecified atom stereocenters. The van der Waals surface area contributed by atoms with Gasteiger partial charge in [0.2, 0.25) is 0 Å². The Morgan fingerprint density at radius 3 is 2.32 bits per heavy atom. The monoisotopic (exact) mass is 626 g/mol. The van der Waals surface area contributed by atoms with Crippen molar-refractivity contribution in [1.82, 2.24) is 28.2 Å². The fourth-order valence-electron chi connectivity index (χ4n) is 5.70. The van der Waals surface area contributed by atoms with Crippen LogP contribution in [-0.2, 0) is 30.1 Å². The van der Waals surface area contributed by atoms with Crippen LogP contribution >= 0.6 is 11.6 Å². The van der Waals surface area contributed by atoms with Gasteiger partial charge in [-0.25, -0.2) is 23.9 Å². The first-order valence-electron chi connectivity index (χ1n) is 14.6.